The van der Waals surface area contributed by atoms with E-state index in [1.165, 1.54) is 0 Å². The molecule has 1 saturated heterocycles. The monoisotopic (exact) mass is 446 g/mol. The van der Waals surface area contributed by atoms with E-state index in [-0.39, 0.29) is 30.1 Å². The average Bonchev–Trinajstić information content (AvgIpc) is 2.75. The maximum atomic E-state index is 14.1. The van der Waals surface area contributed by atoms with Crippen molar-refractivity contribution in [3.63, 3.8) is 0 Å². The van der Waals surface area contributed by atoms with Crippen molar-refractivity contribution in [1.82, 2.24) is 14.9 Å². The molecule has 8 heteroatoms. The first-order valence-electron chi connectivity index (χ1n) is 11.4. The van der Waals surface area contributed by atoms with Crippen LogP contribution in [-0.4, -0.2) is 58.0 Å². The third kappa shape index (κ3) is 7.03. The number of hydrogen-bond donors (Lipinski definition) is 2. The van der Waals surface area contributed by atoms with Crippen LogP contribution < -0.4 is 10.1 Å². The highest BCUT2D eigenvalue weighted by molar-refractivity contribution is 5.37. The van der Waals surface area contributed by atoms with E-state index >= 15 is 0 Å². The van der Waals surface area contributed by atoms with Crippen LogP contribution >= 0.6 is 0 Å². The van der Waals surface area contributed by atoms with E-state index in [0.29, 0.717) is 12.5 Å². The number of halogens is 1. The summed E-state index contributed by atoms with van der Waals surface area (Å²) in [5.74, 6) is -0.0623. The van der Waals surface area contributed by atoms with Gasteiger partial charge in [-0.05, 0) is 70.6 Å². The summed E-state index contributed by atoms with van der Waals surface area (Å²) in [4.78, 5) is 10.5. The number of nitrogens with one attached hydrogen (secondary N) is 1. The quantitative estimate of drug-likeness (QED) is 0.584. The Morgan fingerprint density at radius 3 is 2.62 bits per heavy atom. The lowest BCUT2D eigenvalue weighted by atomic mass is 9.88. The van der Waals surface area contributed by atoms with Crippen LogP contribution in [-0.2, 0) is 4.74 Å². The molecular formula is C24H35FN4O3. The Hall–Kier alpha value is -2.45. The molecule has 0 aromatic carbocycles. The van der Waals surface area contributed by atoms with Gasteiger partial charge in [0.15, 0.2) is 0 Å². The first-order valence-corrected chi connectivity index (χ1v) is 11.4. The van der Waals surface area contributed by atoms with Gasteiger partial charge in [0.2, 0.25) is 11.8 Å². The van der Waals surface area contributed by atoms with Gasteiger partial charge in [-0.1, -0.05) is 6.58 Å². The molecule has 0 amide bonds. The summed E-state index contributed by atoms with van der Waals surface area (Å²) in [6.07, 6.45) is 10.2. The molecule has 32 heavy (non-hydrogen) atoms. The Morgan fingerprint density at radius 2 is 1.97 bits per heavy atom. The molecule has 1 aliphatic carbocycles. The summed E-state index contributed by atoms with van der Waals surface area (Å²) in [5.41, 5.74) is 1.81. The van der Waals surface area contributed by atoms with E-state index in [4.69, 9.17) is 9.47 Å². The second-order valence-electron chi connectivity index (χ2n) is 8.76. The Balaban J connectivity index is 1.60. The topological polar surface area (TPSA) is 79.7 Å². The summed E-state index contributed by atoms with van der Waals surface area (Å²) in [6.45, 7) is 12.0. The molecule has 0 radical (unpaired) electrons. The maximum Gasteiger partial charge on any atom is 0.255 e. The highest BCUT2D eigenvalue weighted by Crippen LogP contribution is 2.25. The highest BCUT2D eigenvalue weighted by atomic mass is 19.1. The molecule has 1 aliphatic heterocycles. The van der Waals surface area contributed by atoms with Gasteiger partial charge in [-0.25, -0.2) is 4.98 Å². The van der Waals surface area contributed by atoms with Crippen molar-refractivity contribution < 1.29 is 19.0 Å². The zero-order valence-electron chi connectivity index (χ0n) is 19.3. The third-order valence-electron chi connectivity index (χ3n) is 5.79. The Morgan fingerprint density at radius 1 is 1.28 bits per heavy atom. The van der Waals surface area contributed by atoms with Gasteiger partial charge in [-0.2, -0.15) is 9.37 Å². The number of nitrogens with zero attached hydrogens (tertiary/aromatic N) is 3. The van der Waals surface area contributed by atoms with Crippen LogP contribution in [0.5, 0.6) is 5.88 Å². The van der Waals surface area contributed by atoms with Crippen LogP contribution in [0.1, 0.15) is 46.5 Å². The molecule has 2 heterocycles. The summed E-state index contributed by atoms with van der Waals surface area (Å²) in [5, 5.41) is 12.7. The molecule has 1 saturated carbocycles. The number of rotatable bonds is 8. The van der Waals surface area contributed by atoms with Crippen molar-refractivity contribution in [3.8, 4) is 5.88 Å². The number of ether oxygens (including phenoxy) is 2. The van der Waals surface area contributed by atoms with Crippen molar-refractivity contribution >= 4 is 5.95 Å². The Labute approximate surface area is 190 Å². The molecule has 2 aliphatic rings. The molecule has 3 rings (SSSR count). The molecular weight excluding hydrogens is 411 g/mol. The van der Waals surface area contributed by atoms with E-state index in [9.17, 15) is 9.50 Å². The van der Waals surface area contributed by atoms with Gasteiger partial charge in [0.25, 0.3) is 5.88 Å². The minimum Gasteiger partial charge on any atom is -0.475 e. The van der Waals surface area contributed by atoms with E-state index in [2.05, 4.69) is 40.6 Å². The minimum atomic E-state index is -0.586. The SMILES string of the molecule is C=C/C(=C\C=C(/C)Nc1ncc(F)c(OCC2CCC(O)CC2)n1)N1C[C@@H](C)O[C@@H](C)C1. The van der Waals surface area contributed by atoms with E-state index in [0.717, 1.165) is 56.4 Å². The normalized spacial score (nSPS) is 27.2. The second kappa shape index (κ2) is 11.4. The number of aliphatic hydroxyl groups excluding tert-OH is 1. The van der Waals surface area contributed by atoms with E-state index < -0.39 is 5.82 Å². The number of anilines is 1. The van der Waals surface area contributed by atoms with Gasteiger partial charge >= 0.3 is 0 Å². The molecule has 2 fully saturated rings. The van der Waals surface area contributed by atoms with Crippen molar-refractivity contribution in [3.05, 3.63) is 48.2 Å². The minimum absolute atomic E-state index is 0.0555. The molecule has 0 unspecified atom stereocenters. The summed E-state index contributed by atoms with van der Waals surface area (Å²) in [7, 11) is 0. The van der Waals surface area contributed by atoms with Crippen molar-refractivity contribution in [2.45, 2.75) is 64.8 Å². The fourth-order valence-electron chi connectivity index (χ4n) is 4.14. The number of morpholine rings is 1. The first-order chi connectivity index (χ1) is 15.3. The molecule has 2 atom stereocenters. The number of allylic oxidation sites excluding steroid dienone is 4. The lowest BCUT2D eigenvalue weighted by Crippen LogP contribution is -2.44. The summed E-state index contributed by atoms with van der Waals surface area (Å²) >= 11 is 0. The predicted molar refractivity (Wildman–Crippen MR) is 123 cm³/mol. The zero-order chi connectivity index (χ0) is 23.1. The van der Waals surface area contributed by atoms with Gasteiger partial charge in [-0.15, -0.1) is 0 Å². The standard InChI is InChI=1S/C24H35FN4O3/c1-5-20(29-13-17(3)32-18(4)14-29)9-6-16(2)27-24-26-12-22(25)23(28-24)31-15-19-7-10-21(30)11-8-19/h5-6,9,12,17-19,21,30H,1,7-8,10-11,13-15H2,2-4H3,(H,26,27,28)/b16-6+,20-9+/t17-,18+,19?,21?. The Bertz CT molecular complexity index is 827. The highest BCUT2D eigenvalue weighted by Gasteiger charge is 2.23. The van der Waals surface area contributed by atoms with E-state index in [1.807, 2.05) is 25.2 Å². The van der Waals surface area contributed by atoms with Gasteiger partial charge in [0.05, 0.1) is 31.1 Å². The fraction of sp³-hybridized carbons (Fsp3) is 0.583. The van der Waals surface area contributed by atoms with Crippen LogP contribution in [0.2, 0.25) is 0 Å². The van der Waals surface area contributed by atoms with E-state index in [1.54, 1.807) is 0 Å². The third-order valence-corrected chi connectivity index (χ3v) is 5.79. The van der Waals surface area contributed by atoms with Gasteiger partial charge in [-0.3, -0.25) is 0 Å². The van der Waals surface area contributed by atoms with Crippen molar-refractivity contribution in [2.24, 2.45) is 5.92 Å². The van der Waals surface area contributed by atoms with Crippen LogP contribution in [0.3, 0.4) is 0 Å². The molecule has 0 spiro atoms. The second-order valence-corrected chi connectivity index (χ2v) is 8.76. The molecule has 1 aromatic heterocycles. The lowest BCUT2D eigenvalue weighted by molar-refractivity contribution is -0.0566. The molecule has 2 N–H and O–H groups in total. The van der Waals surface area contributed by atoms with Crippen LogP contribution in [0.4, 0.5) is 10.3 Å². The lowest BCUT2D eigenvalue weighted by Gasteiger charge is -2.37. The van der Waals surface area contributed by atoms with Crippen LogP contribution in [0, 0.1) is 11.7 Å². The fourth-order valence-corrected chi connectivity index (χ4v) is 4.14. The number of hydrogen-bond acceptors (Lipinski definition) is 7. The summed E-state index contributed by atoms with van der Waals surface area (Å²) in [6, 6.07) is 0. The average molecular weight is 447 g/mol. The molecule has 176 valence electrons. The largest absolute Gasteiger partial charge is 0.475 e. The van der Waals surface area contributed by atoms with Crippen molar-refractivity contribution in [2.75, 3.05) is 25.0 Å². The predicted octanol–water partition coefficient (Wildman–Crippen LogP) is 4.04. The van der Waals surface area contributed by atoms with Gasteiger partial charge < -0.3 is 24.8 Å². The molecule has 1 aromatic rings. The maximum absolute atomic E-state index is 14.1. The van der Waals surface area contributed by atoms with Crippen LogP contribution in [0.25, 0.3) is 0 Å². The zero-order valence-corrected chi connectivity index (χ0v) is 19.3. The van der Waals surface area contributed by atoms with Crippen LogP contribution in [0.15, 0.2) is 42.4 Å². The van der Waals surface area contributed by atoms with Gasteiger partial charge in [0, 0.05) is 24.5 Å². The van der Waals surface area contributed by atoms with Gasteiger partial charge in [0.1, 0.15) is 0 Å². The number of aromatic nitrogens is 2. The Kier molecular flexibility index (Phi) is 8.64. The smallest absolute Gasteiger partial charge is 0.255 e. The number of aliphatic hydroxyl groups is 1. The molecule has 0 bridgehead atoms. The molecule has 7 nitrogen and oxygen atoms in total. The first kappa shape index (κ1) is 24.2. The summed E-state index contributed by atoms with van der Waals surface area (Å²) < 4.78 is 25.6. The van der Waals surface area contributed by atoms with Crippen molar-refractivity contribution in [1.29, 1.82) is 0 Å².